The van der Waals surface area contributed by atoms with Crippen molar-refractivity contribution in [3.05, 3.63) is 88.1 Å². The number of aromatic carboxylic acids is 1. The highest BCUT2D eigenvalue weighted by molar-refractivity contribution is 6.32. The van der Waals surface area contributed by atoms with Crippen LogP contribution in [0, 0.1) is 0 Å². The molecule has 2 aromatic heterocycles. The Morgan fingerprint density at radius 1 is 1.10 bits per heavy atom. The summed E-state index contributed by atoms with van der Waals surface area (Å²) in [6.45, 7) is 6.01. The molecule has 0 bridgehead atoms. The molecule has 0 atom stereocenters. The van der Waals surface area contributed by atoms with Gasteiger partial charge in [-0.25, -0.2) is 9.78 Å². The Labute approximate surface area is 237 Å². The zero-order chi connectivity index (χ0) is 28.1. The first-order valence-corrected chi connectivity index (χ1v) is 13.5. The molecule has 2 aromatic carbocycles. The van der Waals surface area contributed by atoms with Crippen molar-refractivity contribution in [1.29, 1.82) is 0 Å². The lowest BCUT2D eigenvalue weighted by Gasteiger charge is -2.28. The van der Waals surface area contributed by atoms with Gasteiger partial charge in [0.05, 0.1) is 30.1 Å². The first kappa shape index (κ1) is 27.6. The van der Waals surface area contributed by atoms with E-state index in [2.05, 4.69) is 28.2 Å². The number of halogens is 1. The number of hydrogen-bond acceptors (Lipinski definition) is 7. The second kappa shape index (κ2) is 12.5. The monoisotopic (exact) mass is 562 g/mol. The Hall–Kier alpha value is -3.92. The van der Waals surface area contributed by atoms with Gasteiger partial charge in [0.2, 0.25) is 5.88 Å². The molecule has 3 heterocycles. The molecular formula is C30H31ClN4O5. The predicted octanol–water partition coefficient (Wildman–Crippen LogP) is 5.27. The van der Waals surface area contributed by atoms with E-state index >= 15 is 0 Å². The fourth-order valence-corrected chi connectivity index (χ4v) is 5.02. The minimum Gasteiger partial charge on any atom is -0.487 e. The van der Waals surface area contributed by atoms with Crippen LogP contribution in [0.1, 0.15) is 34.0 Å². The number of methoxy groups -OCH3 is 1. The fourth-order valence-electron chi connectivity index (χ4n) is 4.79. The number of carboxylic acids is 1. The number of carbonyl (C=O) groups is 1. The molecule has 9 nitrogen and oxygen atoms in total. The third-order valence-corrected chi connectivity index (χ3v) is 7.09. The Morgan fingerprint density at radius 3 is 2.75 bits per heavy atom. The maximum Gasteiger partial charge on any atom is 0.342 e. The molecule has 0 radical (unpaired) electrons. The van der Waals surface area contributed by atoms with Crippen LogP contribution in [-0.2, 0) is 24.3 Å². The van der Waals surface area contributed by atoms with E-state index in [9.17, 15) is 9.90 Å². The fraction of sp³-hybridized carbons (Fsp3) is 0.300. The smallest absolute Gasteiger partial charge is 0.342 e. The number of fused-ring (bicyclic) bond motifs is 1. The second-order valence-electron chi connectivity index (χ2n) is 9.42. The van der Waals surface area contributed by atoms with E-state index in [1.807, 2.05) is 24.3 Å². The van der Waals surface area contributed by atoms with Crippen molar-refractivity contribution in [1.82, 2.24) is 19.7 Å². The van der Waals surface area contributed by atoms with Gasteiger partial charge in [0, 0.05) is 32.3 Å². The number of aromatic nitrogens is 3. The normalized spacial score (nSPS) is 13.2. The lowest BCUT2D eigenvalue weighted by molar-refractivity contribution is 0.0692. The maximum atomic E-state index is 11.6. The van der Waals surface area contributed by atoms with Crippen LogP contribution in [0.5, 0.6) is 11.6 Å². The van der Waals surface area contributed by atoms with Crippen LogP contribution in [0.3, 0.4) is 0 Å². The summed E-state index contributed by atoms with van der Waals surface area (Å²) in [5, 5.41) is 14.2. The number of nitrogens with zero attached hydrogens (tertiary/aromatic N) is 4. The third kappa shape index (κ3) is 5.96. The number of hydrogen-bond donors (Lipinski definition) is 1. The summed E-state index contributed by atoms with van der Waals surface area (Å²) < 4.78 is 18.5. The molecule has 0 unspecified atom stereocenters. The lowest BCUT2D eigenvalue weighted by Crippen LogP contribution is -2.33. The average molecular weight is 563 g/mol. The molecule has 0 aliphatic carbocycles. The zero-order valence-corrected chi connectivity index (χ0v) is 23.2. The van der Waals surface area contributed by atoms with Crippen molar-refractivity contribution in [2.75, 3.05) is 33.4 Å². The van der Waals surface area contributed by atoms with Crippen molar-refractivity contribution >= 4 is 17.6 Å². The van der Waals surface area contributed by atoms with E-state index in [1.165, 1.54) is 22.0 Å². The number of benzene rings is 2. The van der Waals surface area contributed by atoms with Gasteiger partial charge in [0.1, 0.15) is 17.9 Å². The van der Waals surface area contributed by atoms with Gasteiger partial charge < -0.3 is 19.3 Å². The van der Waals surface area contributed by atoms with E-state index < -0.39 is 5.97 Å². The van der Waals surface area contributed by atoms with Crippen LogP contribution in [0.4, 0.5) is 0 Å². The minimum atomic E-state index is -1.12. The highest BCUT2D eigenvalue weighted by Crippen LogP contribution is 2.37. The summed E-state index contributed by atoms with van der Waals surface area (Å²) in [5.74, 6) is -0.0685. The molecule has 1 aliphatic heterocycles. The summed E-state index contributed by atoms with van der Waals surface area (Å²) in [7, 11) is 1.73. The highest BCUT2D eigenvalue weighted by atomic mass is 35.5. The van der Waals surface area contributed by atoms with Crippen LogP contribution >= 0.6 is 11.6 Å². The summed E-state index contributed by atoms with van der Waals surface area (Å²) in [6.07, 6.45) is 2.24. The highest BCUT2D eigenvalue weighted by Gasteiger charge is 2.21. The molecule has 0 fully saturated rings. The zero-order valence-electron chi connectivity index (χ0n) is 22.5. The molecular weight excluding hydrogens is 532 g/mol. The summed E-state index contributed by atoms with van der Waals surface area (Å²) in [4.78, 5) is 18.8. The molecule has 208 valence electrons. The molecule has 5 rings (SSSR count). The first-order chi connectivity index (χ1) is 19.5. The minimum absolute atomic E-state index is 0.0337. The molecule has 1 aliphatic rings. The van der Waals surface area contributed by atoms with Crippen LogP contribution in [0.2, 0.25) is 5.02 Å². The molecule has 0 amide bonds. The van der Waals surface area contributed by atoms with Crippen LogP contribution in [0.15, 0.2) is 60.8 Å². The van der Waals surface area contributed by atoms with E-state index in [0.717, 1.165) is 38.2 Å². The number of carboxylic acid groups (broad SMARTS) is 1. The molecule has 0 saturated heterocycles. The van der Waals surface area contributed by atoms with Crippen molar-refractivity contribution in [2.45, 2.75) is 26.5 Å². The molecule has 4 aromatic rings. The van der Waals surface area contributed by atoms with Gasteiger partial charge in [-0.15, -0.1) is 0 Å². The molecule has 10 heteroatoms. The number of pyridine rings is 1. The summed E-state index contributed by atoms with van der Waals surface area (Å²) in [5.41, 5.74) is 5.02. The van der Waals surface area contributed by atoms with Gasteiger partial charge >= 0.3 is 5.97 Å². The molecule has 0 saturated carbocycles. The number of ether oxygens (including phenoxy) is 3. The Morgan fingerprint density at radius 2 is 1.95 bits per heavy atom. The Balaban J connectivity index is 1.38. The van der Waals surface area contributed by atoms with Gasteiger partial charge in [0.25, 0.3) is 0 Å². The lowest BCUT2D eigenvalue weighted by atomic mass is 9.97. The Bertz CT molecular complexity index is 1510. The van der Waals surface area contributed by atoms with Crippen LogP contribution < -0.4 is 9.47 Å². The van der Waals surface area contributed by atoms with Crippen molar-refractivity contribution in [3.63, 3.8) is 0 Å². The van der Waals surface area contributed by atoms with Gasteiger partial charge in [0.15, 0.2) is 5.82 Å². The molecule has 40 heavy (non-hydrogen) atoms. The van der Waals surface area contributed by atoms with Crippen LogP contribution in [-0.4, -0.2) is 64.2 Å². The summed E-state index contributed by atoms with van der Waals surface area (Å²) in [6, 6.07) is 17.4. The third-order valence-electron chi connectivity index (χ3n) is 6.79. The molecule has 0 spiro atoms. The average Bonchev–Trinajstić information content (AvgIpc) is 3.39. The van der Waals surface area contributed by atoms with Gasteiger partial charge in [-0.1, -0.05) is 41.9 Å². The summed E-state index contributed by atoms with van der Waals surface area (Å²) >= 11 is 6.61. The standard InChI is InChI=1S/C30H31ClN4O5/c1-3-39-29-24(30(36)37)17-32-35(29)27-9-5-8-26(33-27)23-6-4-7-25(31)28(23)40-19-20-10-11-22-18-34(14-15-38-2)13-12-21(22)16-20/h4-11,16-17H,3,12-15,18-19H2,1-2H3,(H,36,37). The van der Waals surface area contributed by atoms with E-state index in [4.69, 9.17) is 30.8 Å². The van der Waals surface area contributed by atoms with Gasteiger partial charge in [-0.2, -0.15) is 9.78 Å². The largest absolute Gasteiger partial charge is 0.487 e. The van der Waals surface area contributed by atoms with Gasteiger partial charge in [-0.05, 0) is 54.3 Å². The predicted molar refractivity (Wildman–Crippen MR) is 152 cm³/mol. The van der Waals surface area contributed by atoms with Gasteiger partial charge in [-0.3, -0.25) is 4.90 Å². The number of para-hydroxylation sites is 1. The SMILES string of the molecule is CCOc1c(C(=O)O)cnn1-c1cccc(-c2cccc(Cl)c2OCc2ccc3c(c2)CCN(CCOC)C3)n1. The number of rotatable bonds is 11. The van der Waals surface area contributed by atoms with Crippen molar-refractivity contribution in [3.8, 4) is 28.7 Å². The topological polar surface area (TPSA) is 98.9 Å². The van der Waals surface area contributed by atoms with E-state index in [1.54, 1.807) is 26.2 Å². The van der Waals surface area contributed by atoms with Crippen molar-refractivity contribution in [2.24, 2.45) is 0 Å². The Kier molecular flexibility index (Phi) is 8.64. The van der Waals surface area contributed by atoms with Crippen LogP contribution in [0.25, 0.3) is 17.1 Å². The quantitative estimate of drug-likeness (QED) is 0.264. The first-order valence-electron chi connectivity index (χ1n) is 13.1. The second-order valence-corrected chi connectivity index (χ2v) is 9.83. The maximum absolute atomic E-state index is 11.6. The van der Waals surface area contributed by atoms with E-state index in [0.29, 0.717) is 34.5 Å². The van der Waals surface area contributed by atoms with E-state index in [-0.39, 0.29) is 18.1 Å². The molecule has 1 N–H and O–H groups in total. The van der Waals surface area contributed by atoms with Crippen molar-refractivity contribution < 1.29 is 24.1 Å².